The fourth-order valence-corrected chi connectivity index (χ4v) is 1.53. The highest BCUT2D eigenvalue weighted by Crippen LogP contribution is 2.29. The summed E-state index contributed by atoms with van der Waals surface area (Å²) < 4.78 is 10.8. The van der Waals surface area contributed by atoms with Gasteiger partial charge in [-0.15, -0.1) is 0 Å². The van der Waals surface area contributed by atoms with Gasteiger partial charge in [0.05, 0.1) is 7.11 Å². The van der Waals surface area contributed by atoms with Crippen LogP contribution in [0.25, 0.3) is 6.08 Å². The summed E-state index contributed by atoms with van der Waals surface area (Å²) in [5.41, 5.74) is 0.680. The van der Waals surface area contributed by atoms with Crippen LogP contribution < -0.4 is 9.47 Å². The van der Waals surface area contributed by atoms with Gasteiger partial charge in [-0.05, 0) is 29.8 Å². The predicted octanol–water partition coefficient (Wildman–Crippen LogP) is 2.98. The first-order chi connectivity index (χ1) is 9.69. The van der Waals surface area contributed by atoms with Crippen LogP contribution in [0.5, 0.6) is 17.4 Å². The molecule has 0 saturated heterocycles. The highest BCUT2D eigenvalue weighted by atomic mass is 16.5. The van der Waals surface area contributed by atoms with Gasteiger partial charge < -0.3 is 14.6 Å². The average Bonchev–Trinajstić information content (AvgIpc) is 2.47. The molecule has 0 spiro atoms. The second-order valence-electron chi connectivity index (χ2n) is 3.85. The smallest absolute Gasteiger partial charge is 0.328 e. The molecule has 0 bridgehead atoms. The summed E-state index contributed by atoms with van der Waals surface area (Å²) in [6, 6.07) is 10.6. The number of hydrogen-bond donors (Lipinski definition) is 1. The number of rotatable bonds is 5. The van der Waals surface area contributed by atoms with Crippen molar-refractivity contribution in [2.24, 2.45) is 0 Å². The Hall–Kier alpha value is -2.82. The van der Waals surface area contributed by atoms with E-state index in [9.17, 15) is 4.79 Å². The van der Waals surface area contributed by atoms with Crippen molar-refractivity contribution in [3.05, 3.63) is 54.2 Å². The molecule has 0 radical (unpaired) electrons. The van der Waals surface area contributed by atoms with Gasteiger partial charge >= 0.3 is 5.97 Å². The third kappa shape index (κ3) is 3.58. The van der Waals surface area contributed by atoms with Gasteiger partial charge in [0, 0.05) is 18.3 Å². The summed E-state index contributed by atoms with van der Waals surface area (Å²) in [6.45, 7) is 0. The number of aliphatic carboxylic acids is 1. The lowest BCUT2D eigenvalue weighted by molar-refractivity contribution is -0.131. The van der Waals surface area contributed by atoms with Gasteiger partial charge in [-0.3, -0.25) is 0 Å². The third-order valence-electron chi connectivity index (χ3n) is 2.46. The van der Waals surface area contributed by atoms with Crippen molar-refractivity contribution in [2.45, 2.75) is 0 Å². The van der Waals surface area contributed by atoms with Gasteiger partial charge in [0.1, 0.15) is 0 Å². The number of hydrogen-bond acceptors (Lipinski definition) is 4. The lowest BCUT2D eigenvalue weighted by Crippen LogP contribution is -1.92. The summed E-state index contributed by atoms with van der Waals surface area (Å²) >= 11 is 0. The van der Waals surface area contributed by atoms with Crippen LogP contribution in [0.1, 0.15) is 5.56 Å². The summed E-state index contributed by atoms with van der Waals surface area (Å²) in [5, 5.41) is 8.54. The molecule has 0 atom stereocenters. The first-order valence-electron chi connectivity index (χ1n) is 5.87. The van der Waals surface area contributed by atoms with Crippen molar-refractivity contribution >= 4 is 12.0 Å². The molecule has 0 aliphatic carbocycles. The summed E-state index contributed by atoms with van der Waals surface area (Å²) in [7, 11) is 1.56. The van der Waals surface area contributed by atoms with Crippen LogP contribution in [-0.2, 0) is 4.79 Å². The normalized spacial score (nSPS) is 10.4. The maximum Gasteiger partial charge on any atom is 0.328 e. The standard InChI is InChI=1S/C15H13NO4/c1-19-12-4-2-3-5-13(12)20-14-8-6-11(10-16-14)7-9-15(17)18/h2-10H,1H3,(H,17,18)/b9-7+. The van der Waals surface area contributed by atoms with Crippen LogP contribution in [0.3, 0.4) is 0 Å². The van der Waals surface area contributed by atoms with Gasteiger partial charge in [-0.2, -0.15) is 0 Å². The minimum Gasteiger partial charge on any atom is -0.493 e. The van der Waals surface area contributed by atoms with E-state index in [0.717, 1.165) is 6.08 Å². The van der Waals surface area contributed by atoms with Crippen molar-refractivity contribution in [2.75, 3.05) is 7.11 Å². The second kappa shape index (κ2) is 6.38. The average molecular weight is 271 g/mol. The molecule has 1 heterocycles. The third-order valence-corrected chi connectivity index (χ3v) is 2.46. The number of methoxy groups -OCH3 is 1. The van der Waals surface area contributed by atoms with E-state index in [1.165, 1.54) is 12.3 Å². The number of carboxylic acid groups (broad SMARTS) is 1. The van der Waals surface area contributed by atoms with E-state index in [2.05, 4.69) is 4.98 Å². The summed E-state index contributed by atoms with van der Waals surface area (Å²) in [5.74, 6) is 0.585. The SMILES string of the molecule is COc1ccccc1Oc1ccc(/C=C/C(=O)O)cn1. The Morgan fingerprint density at radius 3 is 2.55 bits per heavy atom. The molecule has 1 aromatic heterocycles. The van der Waals surface area contributed by atoms with Crippen molar-refractivity contribution < 1.29 is 19.4 Å². The van der Waals surface area contributed by atoms with Crippen molar-refractivity contribution in [1.82, 2.24) is 4.98 Å². The lowest BCUT2D eigenvalue weighted by atomic mass is 10.2. The largest absolute Gasteiger partial charge is 0.493 e. The molecule has 0 aliphatic rings. The van der Waals surface area contributed by atoms with Gasteiger partial charge in [-0.25, -0.2) is 9.78 Å². The van der Waals surface area contributed by atoms with Gasteiger partial charge in [0.2, 0.25) is 5.88 Å². The van der Waals surface area contributed by atoms with Crippen molar-refractivity contribution in [1.29, 1.82) is 0 Å². The number of benzene rings is 1. The Labute approximate surface area is 116 Å². The molecular formula is C15H13NO4. The van der Waals surface area contributed by atoms with Gasteiger partial charge in [0.15, 0.2) is 11.5 Å². The molecule has 0 saturated carbocycles. The molecule has 5 nitrogen and oxygen atoms in total. The Bertz CT molecular complexity index is 620. The van der Waals surface area contributed by atoms with Crippen LogP contribution in [0.4, 0.5) is 0 Å². The van der Waals surface area contributed by atoms with E-state index in [-0.39, 0.29) is 0 Å². The van der Waals surface area contributed by atoms with Crippen LogP contribution in [0, 0.1) is 0 Å². The molecule has 0 amide bonds. The highest BCUT2D eigenvalue weighted by Gasteiger charge is 2.04. The molecule has 102 valence electrons. The summed E-state index contributed by atoms with van der Waals surface area (Å²) in [4.78, 5) is 14.5. The first-order valence-corrected chi connectivity index (χ1v) is 5.87. The lowest BCUT2D eigenvalue weighted by Gasteiger charge is -2.08. The van der Waals surface area contributed by atoms with Gasteiger partial charge in [-0.1, -0.05) is 12.1 Å². The minimum absolute atomic E-state index is 0.405. The fourth-order valence-electron chi connectivity index (χ4n) is 1.53. The quantitative estimate of drug-likeness (QED) is 0.847. The van der Waals surface area contributed by atoms with Crippen LogP contribution in [-0.4, -0.2) is 23.2 Å². The number of carbonyl (C=O) groups is 1. The Morgan fingerprint density at radius 1 is 1.20 bits per heavy atom. The number of ether oxygens (including phenoxy) is 2. The number of para-hydroxylation sites is 2. The molecule has 0 unspecified atom stereocenters. The Kier molecular flexibility index (Phi) is 4.34. The van der Waals surface area contributed by atoms with Crippen LogP contribution in [0.15, 0.2) is 48.7 Å². The topological polar surface area (TPSA) is 68.7 Å². The molecular weight excluding hydrogens is 258 g/mol. The molecule has 20 heavy (non-hydrogen) atoms. The maximum absolute atomic E-state index is 10.4. The number of carboxylic acids is 1. The van der Waals surface area contributed by atoms with E-state index >= 15 is 0 Å². The number of pyridine rings is 1. The highest BCUT2D eigenvalue weighted by molar-refractivity contribution is 5.85. The molecule has 1 aromatic carbocycles. The zero-order valence-electron chi connectivity index (χ0n) is 10.8. The first kappa shape index (κ1) is 13.6. The molecule has 1 N–H and O–H groups in total. The summed E-state index contributed by atoms with van der Waals surface area (Å²) in [6.07, 6.45) is 4.05. The zero-order valence-corrected chi connectivity index (χ0v) is 10.8. The van der Waals surface area contributed by atoms with Gasteiger partial charge in [0.25, 0.3) is 0 Å². The van der Waals surface area contributed by atoms with E-state index < -0.39 is 5.97 Å². The van der Waals surface area contributed by atoms with Crippen molar-refractivity contribution in [3.63, 3.8) is 0 Å². The van der Waals surface area contributed by atoms with Crippen LogP contribution >= 0.6 is 0 Å². The molecule has 0 fully saturated rings. The van der Waals surface area contributed by atoms with E-state index in [1.54, 1.807) is 31.4 Å². The Balaban J connectivity index is 2.13. The predicted molar refractivity (Wildman–Crippen MR) is 74.0 cm³/mol. The molecule has 2 aromatic rings. The van der Waals surface area contributed by atoms with Crippen molar-refractivity contribution in [3.8, 4) is 17.4 Å². The minimum atomic E-state index is -1.00. The van der Waals surface area contributed by atoms with Crippen LogP contribution in [0.2, 0.25) is 0 Å². The number of aromatic nitrogens is 1. The zero-order chi connectivity index (χ0) is 14.4. The molecule has 2 rings (SSSR count). The maximum atomic E-state index is 10.4. The second-order valence-corrected chi connectivity index (χ2v) is 3.85. The molecule has 5 heteroatoms. The Morgan fingerprint density at radius 2 is 1.95 bits per heavy atom. The number of nitrogens with zero attached hydrogens (tertiary/aromatic N) is 1. The molecule has 0 aliphatic heterocycles. The fraction of sp³-hybridized carbons (Fsp3) is 0.0667. The van der Waals surface area contributed by atoms with E-state index in [0.29, 0.717) is 22.9 Å². The monoisotopic (exact) mass is 271 g/mol. The van der Waals surface area contributed by atoms with E-state index in [1.807, 2.05) is 12.1 Å². The van der Waals surface area contributed by atoms with E-state index in [4.69, 9.17) is 14.6 Å².